The zero-order valence-corrected chi connectivity index (χ0v) is 8.78. The molecule has 1 N–H and O–H groups in total. The van der Waals surface area contributed by atoms with Crippen LogP contribution in [0.2, 0.25) is 0 Å². The van der Waals surface area contributed by atoms with Crippen molar-refractivity contribution in [1.82, 2.24) is 25.1 Å². The molecule has 0 saturated heterocycles. The van der Waals surface area contributed by atoms with Crippen molar-refractivity contribution in [3.05, 3.63) is 43.0 Å². The van der Waals surface area contributed by atoms with E-state index in [1.165, 1.54) is 12.7 Å². The van der Waals surface area contributed by atoms with Crippen molar-refractivity contribution in [3.63, 3.8) is 0 Å². The molecule has 0 atom stereocenters. The van der Waals surface area contributed by atoms with E-state index in [2.05, 4.69) is 30.5 Å². The van der Waals surface area contributed by atoms with E-state index >= 15 is 0 Å². The number of para-hydroxylation sites is 1. The molecule has 0 fully saturated rings. The summed E-state index contributed by atoms with van der Waals surface area (Å²) in [5, 5.41) is 10.7. The molecule has 2 aromatic heterocycles. The van der Waals surface area contributed by atoms with Crippen molar-refractivity contribution in [2.24, 2.45) is 0 Å². The van der Waals surface area contributed by atoms with Crippen molar-refractivity contribution >= 4 is 22.7 Å². The maximum atomic E-state index is 4.15. The summed E-state index contributed by atoms with van der Waals surface area (Å²) >= 11 is 0. The van der Waals surface area contributed by atoms with Crippen molar-refractivity contribution in [2.45, 2.75) is 0 Å². The largest absolute Gasteiger partial charge is 0.338 e. The van der Waals surface area contributed by atoms with Gasteiger partial charge in [-0.25, -0.2) is 15.0 Å². The lowest BCUT2D eigenvalue weighted by Gasteiger charge is -2.05. The van der Waals surface area contributed by atoms with E-state index in [9.17, 15) is 0 Å². The van der Waals surface area contributed by atoms with Gasteiger partial charge in [0.05, 0.1) is 0 Å². The number of benzene rings is 1. The van der Waals surface area contributed by atoms with Gasteiger partial charge in [0.2, 0.25) is 5.65 Å². The lowest BCUT2D eigenvalue weighted by atomic mass is 10.3. The summed E-state index contributed by atoms with van der Waals surface area (Å²) in [6.45, 7) is 0. The standard InChI is InChI=1S/C11H8N6/c1-2-4-8(5-3-1)16-10-9-11(14-6-13-10)17-15-7-12-9/h1-7H,(H,13,14,16,17). The zero-order valence-electron chi connectivity index (χ0n) is 8.78. The van der Waals surface area contributed by atoms with Gasteiger partial charge in [-0.3, -0.25) is 0 Å². The molecule has 2 heterocycles. The van der Waals surface area contributed by atoms with Gasteiger partial charge >= 0.3 is 0 Å². The van der Waals surface area contributed by atoms with Crippen LogP contribution < -0.4 is 5.32 Å². The number of anilines is 2. The van der Waals surface area contributed by atoms with Crippen molar-refractivity contribution in [2.75, 3.05) is 5.32 Å². The first kappa shape index (κ1) is 9.59. The normalized spacial score (nSPS) is 10.4. The van der Waals surface area contributed by atoms with Crippen LogP contribution >= 0.6 is 0 Å². The number of hydrogen-bond donors (Lipinski definition) is 1. The summed E-state index contributed by atoms with van der Waals surface area (Å²) < 4.78 is 0. The maximum Gasteiger partial charge on any atom is 0.205 e. The second-order valence-corrected chi connectivity index (χ2v) is 3.35. The van der Waals surface area contributed by atoms with Crippen LogP contribution in [0.15, 0.2) is 43.0 Å². The summed E-state index contributed by atoms with van der Waals surface area (Å²) in [4.78, 5) is 12.3. The molecule has 0 saturated carbocycles. The Kier molecular flexibility index (Phi) is 2.31. The number of rotatable bonds is 2. The molecule has 3 aromatic rings. The van der Waals surface area contributed by atoms with E-state index in [1.54, 1.807) is 0 Å². The molecule has 0 unspecified atom stereocenters. The first-order valence-corrected chi connectivity index (χ1v) is 5.04. The Morgan fingerprint density at radius 2 is 1.76 bits per heavy atom. The highest BCUT2D eigenvalue weighted by atomic mass is 15.2. The number of aromatic nitrogens is 5. The molecular formula is C11H8N6. The van der Waals surface area contributed by atoms with Gasteiger partial charge in [-0.15, -0.1) is 10.2 Å². The average Bonchev–Trinajstić information content (AvgIpc) is 2.40. The van der Waals surface area contributed by atoms with Gasteiger partial charge < -0.3 is 5.32 Å². The fourth-order valence-corrected chi connectivity index (χ4v) is 1.48. The Balaban J connectivity index is 2.06. The van der Waals surface area contributed by atoms with Crippen molar-refractivity contribution in [1.29, 1.82) is 0 Å². The second kappa shape index (κ2) is 4.09. The highest BCUT2D eigenvalue weighted by Gasteiger charge is 2.05. The predicted molar refractivity (Wildman–Crippen MR) is 62.6 cm³/mol. The van der Waals surface area contributed by atoms with Crippen LogP contribution in [-0.4, -0.2) is 25.1 Å². The lowest BCUT2D eigenvalue weighted by Crippen LogP contribution is -1.99. The van der Waals surface area contributed by atoms with Crippen LogP contribution in [-0.2, 0) is 0 Å². The molecule has 82 valence electrons. The Labute approximate surface area is 96.8 Å². The van der Waals surface area contributed by atoms with Gasteiger partial charge in [0.1, 0.15) is 12.7 Å². The maximum absolute atomic E-state index is 4.15. The first-order chi connectivity index (χ1) is 8.43. The molecule has 0 radical (unpaired) electrons. The Hall–Kier alpha value is -2.63. The van der Waals surface area contributed by atoms with Crippen LogP contribution in [0.1, 0.15) is 0 Å². The third kappa shape index (κ3) is 1.87. The van der Waals surface area contributed by atoms with E-state index in [-0.39, 0.29) is 0 Å². The van der Waals surface area contributed by atoms with E-state index in [0.29, 0.717) is 17.0 Å². The topological polar surface area (TPSA) is 76.5 Å². The van der Waals surface area contributed by atoms with Crippen LogP contribution in [0.25, 0.3) is 11.2 Å². The van der Waals surface area contributed by atoms with Gasteiger partial charge in [-0.1, -0.05) is 18.2 Å². The fourth-order valence-electron chi connectivity index (χ4n) is 1.48. The Morgan fingerprint density at radius 3 is 2.65 bits per heavy atom. The second-order valence-electron chi connectivity index (χ2n) is 3.35. The molecule has 3 rings (SSSR count). The molecule has 0 aliphatic rings. The van der Waals surface area contributed by atoms with Gasteiger partial charge in [-0.2, -0.15) is 0 Å². The summed E-state index contributed by atoms with van der Waals surface area (Å²) in [5.41, 5.74) is 2.01. The molecule has 0 bridgehead atoms. The SMILES string of the molecule is c1ccc(Nc2ncnc3nncnc23)cc1. The average molecular weight is 224 g/mol. The smallest absolute Gasteiger partial charge is 0.205 e. The fraction of sp³-hybridized carbons (Fsp3) is 0. The number of hydrogen-bond acceptors (Lipinski definition) is 6. The van der Waals surface area contributed by atoms with Gasteiger partial charge in [0.25, 0.3) is 0 Å². The van der Waals surface area contributed by atoms with Crippen LogP contribution in [0.5, 0.6) is 0 Å². The van der Waals surface area contributed by atoms with Crippen LogP contribution in [0.4, 0.5) is 11.5 Å². The molecule has 6 nitrogen and oxygen atoms in total. The summed E-state index contributed by atoms with van der Waals surface area (Å²) in [6.07, 6.45) is 2.81. The number of nitrogens with one attached hydrogen (secondary N) is 1. The highest BCUT2D eigenvalue weighted by Crippen LogP contribution is 2.18. The molecule has 1 aromatic carbocycles. The summed E-state index contributed by atoms with van der Waals surface area (Å²) in [7, 11) is 0. The van der Waals surface area contributed by atoms with Crippen LogP contribution in [0.3, 0.4) is 0 Å². The first-order valence-electron chi connectivity index (χ1n) is 5.04. The minimum atomic E-state index is 0.473. The third-order valence-electron chi connectivity index (χ3n) is 2.23. The molecule has 6 heteroatoms. The van der Waals surface area contributed by atoms with Crippen LogP contribution in [0, 0.1) is 0 Å². The summed E-state index contributed by atoms with van der Waals surface area (Å²) in [6, 6.07) is 9.73. The van der Waals surface area contributed by atoms with E-state index < -0.39 is 0 Å². The zero-order chi connectivity index (χ0) is 11.5. The third-order valence-corrected chi connectivity index (χ3v) is 2.23. The molecule has 0 spiro atoms. The van der Waals surface area contributed by atoms with Crippen molar-refractivity contribution in [3.8, 4) is 0 Å². The Bertz CT molecular complexity index is 634. The van der Waals surface area contributed by atoms with E-state index in [1.807, 2.05) is 30.3 Å². The lowest BCUT2D eigenvalue weighted by molar-refractivity contribution is 0.990. The summed E-state index contributed by atoms with van der Waals surface area (Å²) in [5.74, 6) is 0.621. The monoisotopic (exact) mass is 224 g/mol. The molecule has 0 aliphatic heterocycles. The minimum Gasteiger partial charge on any atom is -0.338 e. The van der Waals surface area contributed by atoms with E-state index in [0.717, 1.165) is 5.69 Å². The van der Waals surface area contributed by atoms with Gasteiger partial charge in [-0.05, 0) is 12.1 Å². The predicted octanol–water partition coefficient (Wildman–Crippen LogP) is 1.56. The van der Waals surface area contributed by atoms with E-state index in [4.69, 9.17) is 0 Å². The molecule has 17 heavy (non-hydrogen) atoms. The van der Waals surface area contributed by atoms with Gasteiger partial charge in [0, 0.05) is 5.69 Å². The minimum absolute atomic E-state index is 0.473. The number of fused-ring (bicyclic) bond motifs is 1. The molecular weight excluding hydrogens is 216 g/mol. The molecule has 0 aliphatic carbocycles. The van der Waals surface area contributed by atoms with Crippen molar-refractivity contribution < 1.29 is 0 Å². The molecule has 0 amide bonds. The highest BCUT2D eigenvalue weighted by molar-refractivity contribution is 5.83. The Morgan fingerprint density at radius 1 is 0.882 bits per heavy atom. The number of nitrogens with zero attached hydrogens (tertiary/aromatic N) is 5. The quantitative estimate of drug-likeness (QED) is 0.711. The van der Waals surface area contributed by atoms with Gasteiger partial charge in [0.15, 0.2) is 11.3 Å².